The van der Waals surface area contributed by atoms with Crippen LogP contribution in [0, 0.1) is 23.2 Å². The molecule has 4 aromatic rings. The fourth-order valence-electron chi connectivity index (χ4n) is 9.00. The van der Waals surface area contributed by atoms with E-state index in [0.717, 1.165) is 28.9 Å². The second kappa shape index (κ2) is 7.59. The molecule has 0 amide bonds. The summed E-state index contributed by atoms with van der Waals surface area (Å²) in [5, 5.41) is 3.63. The van der Waals surface area contributed by atoms with E-state index in [4.69, 9.17) is 0 Å². The van der Waals surface area contributed by atoms with Crippen LogP contribution >= 0.6 is 0 Å². The maximum absolute atomic E-state index is 3.63. The minimum atomic E-state index is 0.481. The molecule has 1 nitrogen and oxygen atoms in total. The molecule has 0 aliphatic heterocycles. The summed E-state index contributed by atoms with van der Waals surface area (Å²) in [5.74, 6) is 3.10. The Hall–Kier alpha value is -3.32. The number of rotatable bonds is 5. The third-order valence-electron chi connectivity index (χ3n) is 10.5. The molecular formula is C35H33N. The summed E-state index contributed by atoms with van der Waals surface area (Å²) in [6.07, 6.45) is 9.00. The van der Waals surface area contributed by atoms with Crippen molar-refractivity contribution in [2.45, 2.75) is 43.9 Å². The maximum Gasteiger partial charge on any atom is 0.0384 e. The van der Waals surface area contributed by atoms with E-state index in [1.165, 1.54) is 60.0 Å². The van der Waals surface area contributed by atoms with Crippen LogP contribution in [-0.4, -0.2) is 0 Å². The van der Waals surface area contributed by atoms with Crippen molar-refractivity contribution in [1.82, 2.24) is 0 Å². The molecule has 5 atom stereocenters. The first-order valence-corrected chi connectivity index (χ1v) is 13.8. The van der Waals surface area contributed by atoms with Crippen molar-refractivity contribution in [3.8, 4) is 22.3 Å². The van der Waals surface area contributed by atoms with Crippen LogP contribution < -0.4 is 5.32 Å². The van der Waals surface area contributed by atoms with E-state index < -0.39 is 0 Å². The highest BCUT2D eigenvalue weighted by Gasteiger charge is 2.70. The van der Waals surface area contributed by atoms with Gasteiger partial charge in [0.05, 0.1) is 0 Å². The molecule has 1 N–H and O–H groups in total. The van der Waals surface area contributed by atoms with Gasteiger partial charge in [0.2, 0.25) is 0 Å². The monoisotopic (exact) mass is 467 g/mol. The summed E-state index contributed by atoms with van der Waals surface area (Å²) < 4.78 is 0. The Balaban J connectivity index is 0.970. The third kappa shape index (κ3) is 3.08. The molecule has 178 valence electrons. The van der Waals surface area contributed by atoms with E-state index in [-0.39, 0.29) is 0 Å². The zero-order chi connectivity index (χ0) is 23.7. The molecule has 1 spiro atoms. The van der Waals surface area contributed by atoms with Gasteiger partial charge in [0, 0.05) is 11.4 Å². The van der Waals surface area contributed by atoms with E-state index in [9.17, 15) is 0 Å². The van der Waals surface area contributed by atoms with Crippen LogP contribution in [-0.2, 0) is 5.41 Å². The first-order chi connectivity index (χ1) is 17.7. The Labute approximate surface area is 214 Å². The Morgan fingerprint density at radius 2 is 1.11 bits per heavy atom. The Morgan fingerprint density at radius 3 is 1.78 bits per heavy atom. The molecule has 4 aromatic carbocycles. The standard InChI is InChI=1S/C35H33N/c1-2-4-25(5-3-1)26-6-8-27(9-7-26)28-10-14-32(15-11-28)36-33-16-12-29(13-17-33)34-20-24-18-30-19-31(22-34)35(30,21-24)23-34/h1-17,24,30-31,36H,18-23H2/t24-,30?,31?,34?,35-/m0/s1. The first kappa shape index (κ1) is 20.8. The molecule has 0 aromatic heterocycles. The van der Waals surface area contributed by atoms with Crippen LogP contribution in [0.25, 0.3) is 22.3 Å². The van der Waals surface area contributed by atoms with Crippen LogP contribution in [0.2, 0.25) is 0 Å². The van der Waals surface area contributed by atoms with Crippen LogP contribution in [0.15, 0.2) is 103 Å². The van der Waals surface area contributed by atoms with Crippen molar-refractivity contribution in [2.75, 3.05) is 5.32 Å². The summed E-state index contributed by atoms with van der Waals surface area (Å²) in [5.41, 5.74) is 10.2. The fourth-order valence-corrected chi connectivity index (χ4v) is 9.00. The van der Waals surface area contributed by atoms with Crippen LogP contribution in [0.4, 0.5) is 11.4 Å². The molecule has 4 saturated carbocycles. The van der Waals surface area contributed by atoms with Gasteiger partial charge in [-0.2, -0.15) is 0 Å². The van der Waals surface area contributed by atoms with Crippen molar-refractivity contribution in [1.29, 1.82) is 0 Å². The summed E-state index contributed by atoms with van der Waals surface area (Å²) in [6.45, 7) is 0. The number of hydrogen-bond acceptors (Lipinski definition) is 1. The van der Waals surface area contributed by atoms with Gasteiger partial charge < -0.3 is 5.32 Å². The minimum absolute atomic E-state index is 0.481. The van der Waals surface area contributed by atoms with E-state index in [2.05, 4.69) is 108 Å². The average molecular weight is 468 g/mol. The molecule has 3 unspecified atom stereocenters. The molecule has 0 radical (unpaired) electrons. The summed E-state index contributed by atoms with van der Waals surface area (Å²) in [6, 6.07) is 37.7. The first-order valence-electron chi connectivity index (χ1n) is 13.8. The van der Waals surface area contributed by atoms with E-state index in [1.54, 1.807) is 12.0 Å². The lowest BCUT2D eigenvalue weighted by molar-refractivity contribution is -0.000160. The second-order valence-corrected chi connectivity index (χ2v) is 12.3. The predicted molar refractivity (Wildman–Crippen MR) is 149 cm³/mol. The quantitative estimate of drug-likeness (QED) is 0.308. The fraction of sp³-hybridized carbons (Fsp3) is 0.314. The average Bonchev–Trinajstić information content (AvgIpc) is 3.25. The number of benzene rings is 4. The van der Waals surface area contributed by atoms with Gasteiger partial charge >= 0.3 is 0 Å². The van der Waals surface area contributed by atoms with Gasteiger partial charge in [-0.05, 0) is 119 Å². The zero-order valence-corrected chi connectivity index (χ0v) is 20.8. The van der Waals surface area contributed by atoms with Crippen molar-refractivity contribution in [3.63, 3.8) is 0 Å². The van der Waals surface area contributed by atoms with E-state index in [1.807, 2.05) is 0 Å². The molecule has 36 heavy (non-hydrogen) atoms. The summed E-state index contributed by atoms with van der Waals surface area (Å²) >= 11 is 0. The highest BCUT2D eigenvalue weighted by Crippen LogP contribution is 2.78. The maximum atomic E-state index is 3.63. The minimum Gasteiger partial charge on any atom is -0.356 e. The lowest BCUT2D eigenvalue weighted by Gasteiger charge is -2.49. The molecular weight excluding hydrogens is 434 g/mol. The summed E-state index contributed by atoms with van der Waals surface area (Å²) in [4.78, 5) is 0. The van der Waals surface area contributed by atoms with Crippen molar-refractivity contribution < 1.29 is 0 Å². The molecule has 3 bridgehead atoms. The van der Waals surface area contributed by atoms with Crippen molar-refractivity contribution in [2.24, 2.45) is 23.2 Å². The van der Waals surface area contributed by atoms with Gasteiger partial charge in [-0.1, -0.05) is 78.9 Å². The van der Waals surface area contributed by atoms with Crippen LogP contribution in [0.3, 0.4) is 0 Å². The van der Waals surface area contributed by atoms with Gasteiger partial charge in [0.25, 0.3) is 0 Å². The molecule has 0 heterocycles. The van der Waals surface area contributed by atoms with Crippen LogP contribution in [0.1, 0.15) is 44.1 Å². The van der Waals surface area contributed by atoms with Crippen molar-refractivity contribution >= 4 is 11.4 Å². The number of fused-ring (bicyclic) bond motifs is 2. The Kier molecular flexibility index (Phi) is 4.39. The van der Waals surface area contributed by atoms with Crippen molar-refractivity contribution in [3.05, 3.63) is 109 Å². The normalized spacial score (nSPS) is 31.2. The number of hydrogen-bond donors (Lipinski definition) is 1. The molecule has 4 fully saturated rings. The van der Waals surface area contributed by atoms with Gasteiger partial charge in [-0.15, -0.1) is 0 Å². The zero-order valence-electron chi connectivity index (χ0n) is 20.8. The topological polar surface area (TPSA) is 12.0 Å². The van der Waals surface area contributed by atoms with E-state index in [0.29, 0.717) is 5.41 Å². The van der Waals surface area contributed by atoms with Gasteiger partial charge in [-0.25, -0.2) is 0 Å². The molecule has 4 aliphatic carbocycles. The smallest absolute Gasteiger partial charge is 0.0384 e. The Bertz CT molecular complexity index is 1400. The number of nitrogens with one attached hydrogen (secondary N) is 1. The molecule has 1 heteroatoms. The van der Waals surface area contributed by atoms with Crippen LogP contribution in [0.5, 0.6) is 0 Å². The lowest BCUT2D eigenvalue weighted by atomic mass is 9.55. The molecule has 0 saturated heterocycles. The second-order valence-electron chi connectivity index (χ2n) is 12.3. The van der Waals surface area contributed by atoms with E-state index >= 15 is 0 Å². The Morgan fingerprint density at radius 1 is 0.528 bits per heavy atom. The van der Waals surface area contributed by atoms with Gasteiger partial charge in [0.15, 0.2) is 0 Å². The molecule has 4 aliphatic rings. The highest BCUT2D eigenvalue weighted by atomic mass is 14.9. The number of anilines is 2. The lowest BCUT2D eigenvalue weighted by Crippen LogP contribution is -2.42. The van der Waals surface area contributed by atoms with Gasteiger partial charge in [0.1, 0.15) is 0 Å². The predicted octanol–water partition coefficient (Wildman–Crippen LogP) is 9.23. The molecule has 8 rings (SSSR count). The summed E-state index contributed by atoms with van der Waals surface area (Å²) in [7, 11) is 0. The SMILES string of the molecule is c1ccc(-c2ccc(-c3ccc(Nc4ccc(C56CC7CC8C[C@@H](C5)C[C@]87C6)cc4)cc3)cc2)cc1. The third-order valence-corrected chi connectivity index (χ3v) is 10.5. The van der Waals surface area contributed by atoms with Gasteiger partial charge in [-0.3, -0.25) is 0 Å². The highest BCUT2D eigenvalue weighted by molar-refractivity contribution is 5.72. The largest absolute Gasteiger partial charge is 0.356 e.